The van der Waals surface area contributed by atoms with Gasteiger partial charge in [-0.05, 0) is 54.2 Å². The van der Waals surface area contributed by atoms with Gasteiger partial charge in [0.1, 0.15) is 12.2 Å². The maximum atomic E-state index is 10.5. The van der Waals surface area contributed by atoms with E-state index in [0.717, 1.165) is 16.5 Å². The Morgan fingerprint density at radius 3 is 2.00 bits per heavy atom. The van der Waals surface area contributed by atoms with Crippen LogP contribution in [0.5, 0.6) is 0 Å². The fraction of sp³-hybridized carbons (Fsp3) is 0.0769. The number of aliphatic hydroxyl groups excluding tert-OH is 2. The van der Waals surface area contributed by atoms with Crippen LogP contribution < -0.4 is 0 Å². The standard InChI is InChI=1S/C26H18O2/c27-23-14-13-21-22(26(23)28)12-11-20-19-10-9-15-5-1-2-6-16(15)24(19)17-7-3-4-8-18(17)25(20)21/h1-14,23,26-28H/t23-,26-/m1/s1. The lowest BCUT2D eigenvalue weighted by Gasteiger charge is -2.24. The molecule has 0 saturated carbocycles. The quantitative estimate of drug-likeness (QED) is 0.346. The molecule has 0 fully saturated rings. The summed E-state index contributed by atoms with van der Waals surface area (Å²) in [4.78, 5) is 0. The first-order valence-corrected chi connectivity index (χ1v) is 9.57. The van der Waals surface area contributed by atoms with Gasteiger partial charge in [0.05, 0.1) is 0 Å². The fourth-order valence-electron chi connectivity index (χ4n) is 4.78. The van der Waals surface area contributed by atoms with Crippen LogP contribution in [0.4, 0.5) is 0 Å². The first-order chi connectivity index (χ1) is 13.7. The van der Waals surface area contributed by atoms with Crippen molar-refractivity contribution in [1.82, 2.24) is 0 Å². The third kappa shape index (κ3) is 1.99. The Morgan fingerprint density at radius 2 is 1.18 bits per heavy atom. The van der Waals surface area contributed by atoms with Crippen LogP contribution in [0.15, 0.2) is 78.9 Å². The Labute approximate surface area is 162 Å². The lowest BCUT2D eigenvalue weighted by Crippen LogP contribution is -2.19. The lowest BCUT2D eigenvalue weighted by atomic mass is 9.84. The van der Waals surface area contributed by atoms with E-state index in [0.29, 0.717) is 0 Å². The number of hydrogen-bond donors (Lipinski definition) is 2. The van der Waals surface area contributed by atoms with Crippen LogP contribution in [-0.2, 0) is 0 Å². The van der Waals surface area contributed by atoms with Gasteiger partial charge in [0.25, 0.3) is 0 Å². The molecule has 0 aromatic heterocycles. The third-order valence-corrected chi connectivity index (χ3v) is 6.07. The molecule has 0 radical (unpaired) electrons. The smallest absolute Gasteiger partial charge is 0.109 e. The summed E-state index contributed by atoms with van der Waals surface area (Å²) in [6.45, 7) is 0. The average molecular weight is 362 g/mol. The zero-order chi connectivity index (χ0) is 18.8. The topological polar surface area (TPSA) is 40.5 Å². The summed E-state index contributed by atoms with van der Waals surface area (Å²) in [6, 6.07) is 25.4. The van der Waals surface area contributed by atoms with Gasteiger partial charge in [-0.15, -0.1) is 0 Å². The highest BCUT2D eigenvalue weighted by atomic mass is 16.3. The normalized spacial score (nSPS) is 18.9. The predicted octanol–water partition coefficient (Wildman–Crippen LogP) is 5.72. The van der Waals surface area contributed by atoms with Gasteiger partial charge in [0, 0.05) is 0 Å². The molecular formula is C26H18O2. The van der Waals surface area contributed by atoms with E-state index in [9.17, 15) is 10.2 Å². The molecule has 5 aromatic rings. The van der Waals surface area contributed by atoms with Crippen molar-refractivity contribution in [3.05, 3.63) is 90.0 Å². The van der Waals surface area contributed by atoms with Crippen LogP contribution in [0.3, 0.4) is 0 Å². The molecule has 0 aliphatic heterocycles. The van der Waals surface area contributed by atoms with Crippen molar-refractivity contribution in [2.75, 3.05) is 0 Å². The van der Waals surface area contributed by atoms with Crippen LogP contribution in [0.25, 0.3) is 49.2 Å². The van der Waals surface area contributed by atoms with Gasteiger partial charge in [-0.3, -0.25) is 0 Å². The Bertz CT molecular complexity index is 1430. The molecule has 0 spiro atoms. The van der Waals surface area contributed by atoms with Crippen LogP contribution >= 0.6 is 0 Å². The zero-order valence-corrected chi connectivity index (χ0v) is 15.1. The number of aliphatic hydroxyl groups is 2. The highest BCUT2D eigenvalue weighted by molar-refractivity contribution is 6.32. The summed E-state index contributed by atoms with van der Waals surface area (Å²) in [6.07, 6.45) is 1.89. The van der Waals surface area contributed by atoms with Crippen LogP contribution in [0.2, 0.25) is 0 Å². The maximum absolute atomic E-state index is 10.5. The minimum Gasteiger partial charge on any atom is -0.386 e. The molecule has 2 atom stereocenters. The van der Waals surface area contributed by atoms with Crippen molar-refractivity contribution in [2.24, 2.45) is 0 Å². The minimum absolute atomic E-state index is 0.785. The molecule has 2 nitrogen and oxygen atoms in total. The molecule has 1 aliphatic rings. The second kappa shape index (κ2) is 5.65. The van der Waals surface area contributed by atoms with Gasteiger partial charge in [-0.2, -0.15) is 0 Å². The number of fused-ring (bicyclic) bond motifs is 10. The SMILES string of the molecule is O[C@@H]1C=Cc2c(ccc3c4ccc5ccccc5c4c4ccccc4c23)[C@H]1O. The summed E-state index contributed by atoms with van der Waals surface area (Å²) in [7, 11) is 0. The Morgan fingerprint density at radius 1 is 0.571 bits per heavy atom. The Hall–Kier alpha value is -3.20. The van der Waals surface area contributed by atoms with Crippen LogP contribution in [0.1, 0.15) is 17.2 Å². The fourth-order valence-corrected chi connectivity index (χ4v) is 4.78. The first-order valence-electron chi connectivity index (χ1n) is 9.57. The van der Waals surface area contributed by atoms with E-state index < -0.39 is 12.2 Å². The van der Waals surface area contributed by atoms with E-state index in [-0.39, 0.29) is 0 Å². The van der Waals surface area contributed by atoms with E-state index in [2.05, 4.69) is 66.7 Å². The van der Waals surface area contributed by atoms with E-state index in [1.54, 1.807) is 6.08 Å². The van der Waals surface area contributed by atoms with Crippen LogP contribution in [0, 0.1) is 0 Å². The molecule has 5 aromatic carbocycles. The molecular weight excluding hydrogens is 344 g/mol. The highest BCUT2D eigenvalue weighted by Gasteiger charge is 2.25. The molecule has 2 heteroatoms. The van der Waals surface area contributed by atoms with Gasteiger partial charge in [0.2, 0.25) is 0 Å². The molecule has 0 saturated heterocycles. The van der Waals surface area contributed by atoms with E-state index in [1.165, 1.54) is 37.7 Å². The summed E-state index contributed by atoms with van der Waals surface area (Å²) < 4.78 is 0. The Kier molecular flexibility index (Phi) is 3.19. The van der Waals surface area contributed by atoms with Gasteiger partial charge in [-0.25, -0.2) is 0 Å². The molecule has 0 amide bonds. The molecule has 28 heavy (non-hydrogen) atoms. The second-order valence-corrected chi connectivity index (χ2v) is 7.54. The van der Waals surface area contributed by atoms with Gasteiger partial charge >= 0.3 is 0 Å². The van der Waals surface area contributed by atoms with Crippen molar-refractivity contribution in [3.63, 3.8) is 0 Å². The summed E-state index contributed by atoms with van der Waals surface area (Å²) in [5.41, 5.74) is 1.79. The van der Waals surface area contributed by atoms with Crippen molar-refractivity contribution >= 4 is 49.2 Å². The first kappa shape index (κ1) is 15.8. The average Bonchev–Trinajstić information content (AvgIpc) is 2.75. The van der Waals surface area contributed by atoms with E-state index in [1.807, 2.05) is 12.1 Å². The third-order valence-electron chi connectivity index (χ3n) is 6.07. The molecule has 0 heterocycles. The molecule has 2 N–H and O–H groups in total. The molecule has 134 valence electrons. The molecule has 1 aliphatic carbocycles. The van der Waals surface area contributed by atoms with E-state index >= 15 is 0 Å². The van der Waals surface area contributed by atoms with Gasteiger partial charge in [-0.1, -0.05) is 84.9 Å². The monoisotopic (exact) mass is 362 g/mol. The zero-order valence-electron chi connectivity index (χ0n) is 15.1. The Balaban J connectivity index is 1.92. The van der Waals surface area contributed by atoms with Gasteiger partial charge < -0.3 is 10.2 Å². The predicted molar refractivity (Wildman–Crippen MR) is 116 cm³/mol. The van der Waals surface area contributed by atoms with E-state index in [4.69, 9.17) is 0 Å². The summed E-state index contributed by atoms with van der Waals surface area (Å²) in [5, 5.41) is 30.2. The number of rotatable bonds is 0. The molecule has 0 bridgehead atoms. The maximum Gasteiger partial charge on any atom is 0.109 e. The van der Waals surface area contributed by atoms with Crippen molar-refractivity contribution < 1.29 is 10.2 Å². The van der Waals surface area contributed by atoms with Gasteiger partial charge in [0.15, 0.2) is 0 Å². The molecule has 0 unspecified atom stereocenters. The minimum atomic E-state index is -0.893. The van der Waals surface area contributed by atoms with Crippen molar-refractivity contribution in [3.8, 4) is 0 Å². The highest BCUT2D eigenvalue weighted by Crippen LogP contribution is 2.43. The van der Waals surface area contributed by atoms with Crippen LogP contribution in [-0.4, -0.2) is 16.3 Å². The molecule has 6 rings (SSSR count). The van der Waals surface area contributed by atoms with Crippen molar-refractivity contribution in [1.29, 1.82) is 0 Å². The number of benzene rings is 5. The second-order valence-electron chi connectivity index (χ2n) is 7.54. The number of hydrogen-bond acceptors (Lipinski definition) is 2. The summed E-state index contributed by atoms with van der Waals surface area (Å²) in [5.74, 6) is 0. The van der Waals surface area contributed by atoms with Crippen molar-refractivity contribution in [2.45, 2.75) is 12.2 Å². The lowest BCUT2D eigenvalue weighted by molar-refractivity contribution is 0.0471. The largest absolute Gasteiger partial charge is 0.386 e. The summed E-state index contributed by atoms with van der Waals surface area (Å²) >= 11 is 0.